The standard InChI is InChI=1S/C8H15NO6/c1-3(11)8(14)7(9)6(13)5(12)4(2-10)15-8/h4-7,10,12-14H,2,9H2,1H3/t4-,5-,6+,7+,8?/m1/s1/i/hD. The molecule has 0 spiro atoms. The summed E-state index contributed by atoms with van der Waals surface area (Å²) in [5.74, 6) is -3.27. The maximum absolute atomic E-state index is 11.2. The van der Waals surface area contributed by atoms with Gasteiger partial charge >= 0.3 is 0 Å². The predicted octanol–water partition coefficient (Wildman–Crippen LogP) is -3.30. The van der Waals surface area contributed by atoms with Crippen LogP contribution in [0.2, 0.25) is 1.41 Å². The Hall–Kier alpha value is -0.570. The van der Waals surface area contributed by atoms with Crippen molar-refractivity contribution in [3.8, 4) is 0 Å². The zero-order valence-electron chi connectivity index (χ0n) is 9.12. The summed E-state index contributed by atoms with van der Waals surface area (Å²) in [7, 11) is 0. The molecule has 0 radical (unpaired) electrons. The second-order valence-corrected chi connectivity index (χ2v) is 3.55. The summed E-state index contributed by atoms with van der Waals surface area (Å²) < 4.78 is 11.7. The Labute approximate surface area is 87.5 Å². The van der Waals surface area contributed by atoms with E-state index in [9.17, 15) is 20.1 Å². The van der Waals surface area contributed by atoms with E-state index >= 15 is 0 Å². The third-order valence-electron chi connectivity index (χ3n) is 2.51. The molecule has 0 aliphatic carbocycles. The molecule has 1 rings (SSSR count). The zero-order chi connectivity index (χ0) is 12.5. The van der Waals surface area contributed by atoms with E-state index in [0.717, 1.165) is 6.92 Å². The maximum Gasteiger partial charge on any atom is 0.244 e. The first-order valence-electron chi connectivity index (χ1n) is 4.94. The van der Waals surface area contributed by atoms with Crippen LogP contribution in [-0.4, -0.2) is 63.0 Å². The summed E-state index contributed by atoms with van der Waals surface area (Å²) in [6.45, 7) is 0.349. The van der Waals surface area contributed by atoms with Gasteiger partial charge in [0.25, 0.3) is 0 Å². The largest absolute Gasteiger partial charge is 0.394 e. The molecule has 7 heteroatoms. The molecule has 1 unspecified atom stereocenters. The van der Waals surface area contributed by atoms with Crippen molar-refractivity contribution in [2.45, 2.75) is 37.1 Å². The van der Waals surface area contributed by atoms with Crippen molar-refractivity contribution < 1.29 is 31.4 Å². The molecule has 1 saturated heterocycles. The lowest BCUT2D eigenvalue weighted by molar-refractivity contribution is -0.296. The van der Waals surface area contributed by atoms with Gasteiger partial charge in [0.05, 0.1) is 12.6 Å². The molecule has 5 atom stereocenters. The van der Waals surface area contributed by atoms with Gasteiger partial charge in [0.2, 0.25) is 5.79 Å². The SMILES string of the molecule is [2H]N[C@H]1[C@@H](O)[C@H](O)[C@@H](CO)OC1(O)C(C)=O. The van der Waals surface area contributed by atoms with Gasteiger partial charge in [0.1, 0.15) is 19.7 Å². The van der Waals surface area contributed by atoms with Gasteiger partial charge in [-0.05, 0) is 0 Å². The molecule has 0 aromatic heterocycles. The second kappa shape index (κ2) is 4.12. The Morgan fingerprint density at radius 2 is 2.20 bits per heavy atom. The molecule has 0 saturated carbocycles. The molecule has 0 aromatic rings. The fourth-order valence-corrected chi connectivity index (χ4v) is 1.47. The zero-order valence-corrected chi connectivity index (χ0v) is 8.12. The average molecular weight is 222 g/mol. The third kappa shape index (κ3) is 1.89. The van der Waals surface area contributed by atoms with E-state index in [-0.39, 0.29) is 0 Å². The van der Waals surface area contributed by atoms with Crippen molar-refractivity contribution in [1.29, 1.82) is 0 Å². The number of carbonyl (C=O) groups is 1. The fraction of sp³-hybridized carbons (Fsp3) is 0.875. The van der Waals surface area contributed by atoms with Gasteiger partial charge in [-0.1, -0.05) is 0 Å². The molecule has 1 aliphatic heterocycles. The first kappa shape index (κ1) is 10.9. The van der Waals surface area contributed by atoms with Crippen molar-refractivity contribution in [3.05, 3.63) is 0 Å². The van der Waals surface area contributed by atoms with Gasteiger partial charge in [0, 0.05) is 6.92 Å². The molecular formula is C8H15NO6. The number of rotatable bonds is 3. The van der Waals surface area contributed by atoms with Crippen molar-refractivity contribution in [1.82, 2.24) is 0 Å². The number of aliphatic hydroxyl groups excluding tert-OH is 3. The Morgan fingerprint density at radius 3 is 2.60 bits per heavy atom. The van der Waals surface area contributed by atoms with Crippen molar-refractivity contribution in [3.63, 3.8) is 0 Å². The van der Waals surface area contributed by atoms with Gasteiger partial charge in [-0.15, -0.1) is 0 Å². The quantitative estimate of drug-likeness (QED) is 0.338. The van der Waals surface area contributed by atoms with Gasteiger partial charge in [-0.2, -0.15) is 0 Å². The first-order chi connectivity index (χ1) is 7.38. The molecule has 7 nitrogen and oxygen atoms in total. The summed E-state index contributed by atoms with van der Waals surface area (Å²) in [5, 5.41) is 37.8. The number of hydrogen-bond donors (Lipinski definition) is 5. The number of carbonyl (C=O) groups excluding carboxylic acids is 1. The van der Waals surface area contributed by atoms with Crippen LogP contribution in [0.5, 0.6) is 0 Å². The number of hydrogen-bond acceptors (Lipinski definition) is 7. The second-order valence-electron chi connectivity index (χ2n) is 3.55. The summed E-state index contributed by atoms with van der Waals surface area (Å²) in [4.78, 5) is 11.2. The van der Waals surface area contributed by atoms with E-state index < -0.39 is 42.5 Å². The van der Waals surface area contributed by atoms with Crippen molar-refractivity contribution in [2.75, 3.05) is 6.61 Å². The molecule has 0 amide bonds. The lowest BCUT2D eigenvalue weighted by Crippen LogP contribution is -2.70. The number of Topliss-reactive ketones (excluding diaryl/α,β-unsaturated/α-hetero) is 1. The van der Waals surface area contributed by atoms with Crippen LogP contribution in [0.4, 0.5) is 0 Å². The van der Waals surface area contributed by atoms with E-state index in [4.69, 9.17) is 11.3 Å². The molecule has 0 aromatic carbocycles. The molecule has 15 heavy (non-hydrogen) atoms. The molecule has 1 heterocycles. The number of ether oxygens (including phenoxy) is 1. The molecular weight excluding hydrogens is 206 g/mol. The molecule has 0 bridgehead atoms. The topological polar surface area (TPSA) is 133 Å². The number of aliphatic hydroxyl groups is 4. The lowest BCUT2D eigenvalue weighted by atomic mass is 9.89. The van der Waals surface area contributed by atoms with Gasteiger partial charge in [-0.3, -0.25) is 4.79 Å². The molecule has 88 valence electrons. The van der Waals surface area contributed by atoms with Crippen molar-refractivity contribution in [2.24, 2.45) is 5.73 Å². The van der Waals surface area contributed by atoms with Crippen LogP contribution < -0.4 is 5.73 Å². The molecule has 1 aliphatic rings. The van der Waals surface area contributed by atoms with E-state index in [1.807, 2.05) is 0 Å². The minimum atomic E-state index is -2.44. The normalized spacial score (nSPS) is 47.4. The van der Waals surface area contributed by atoms with Gasteiger partial charge in [0.15, 0.2) is 5.78 Å². The summed E-state index contributed by atoms with van der Waals surface area (Å²) in [6.07, 6.45) is -4.38. The predicted molar refractivity (Wildman–Crippen MR) is 47.6 cm³/mol. The summed E-state index contributed by atoms with van der Waals surface area (Å²) in [5.41, 5.74) is 1.76. The highest BCUT2D eigenvalue weighted by Gasteiger charge is 2.54. The smallest absolute Gasteiger partial charge is 0.244 e. The van der Waals surface area contributed by atoms with Crippen LogP contribution >= 0.6 is 0 Å². The van der Waals surface area contributed by atoms with Gasteiger partial charge in [-0.25, -0.2) is 0 Å². The van der Waals surface area contributed by atoms with E-state index in [0.29, 0.717) is 0 Å². The van der Waals surface area contributed by atoms with Crippen LogP contribution in [0.3, 0.4) is 0 Å². The van der Waals surface area contributed by atoms with Gasteiger partial charge < -0.3 is 30.9 Å². The monoisotopic (exact) mass is 222 g/mol. The average Bonchev–Trinajstić information content (AvgIpc) is 2.24. The minimum Gasteiger partial charge on any atom is -0.394 e. The van der Waals surface area contributed by atoms with E-state index in [1.165, 1.54) is 0 Å². The Bertz CT molecular complexity index is 277. The minimum absolute atomic E-state index is 0.668. The maximum atomic E-state index is 11.2. The number of ketones is 1. The van der Waals surface area contributed by atoms with Crippen LogP contribution in [0, 0.1) is 0 Å². The van der Waals surface area contributed by atoms with Crippen LogP contribution in [0.1, 0.15) is 6.92 Å². The molecule has 1 fully saturated rings. The summed E-state index contributed by atoms with van der Waals surface area (Å²) >= 11 is 0. The molecule has 6 N–H and O–H groups in total. The van der Waals surface area contributed by atoms with E-state index in [2.05, 4.69) is 0 Å². The number of nitrogens with two attached hydrogens (primary N) is 1. The summed E-state index contributed by atoms with van der Waals surface area (Å²) in [6, 6.07) is -1.48. The van der Waals surface area contributed by atoms with Crippen LogP contribution in [-0.2, 0) is 9.53 Å². The van der Waals surface area contributed by atoms with Crippen molar-refractivity contribution >= 4 is 5.78 Å². The first-order valence-corrected chi connectivity index (χ1v) is 4.44. The fourth-order valence-electron chi connectivity index (χ4n) is 1.47. The highest BCUT2D eigenvalue weighted by molar-refractivity contribution is 5.84. The Kier molecular flexibility index (Phi) is 3.01. The van der Waals surface area contributed by atoms with E-state index in [1.54, 1.807) is 5.73 Å². The van der Waals surface area contributed by atoms with Crippen LogP contribution in [0.25, 0.3) is 0 Å². The third-order valence-corrected chi connectivity index (χ3v) is 2.51. The highest BCUT2D eigenvalue weighted by atomic mass is 16.7. The lowest BCUT2D eigenvalue weighted by Gasteiger charge is -2.44. The highest BCUT2D eigenvalue weighted by Crippen LogP contribution is 2.27. The Morgan fingerprint density at radius 1 is 1.60 bits per heavy atom. The van der Waals surface area contributed by atoms with Crippen LogP contribution in [0.15, 0.2) is 0 Å². The Balaban J connectivity index is 3.03.